The fourth-order valence-electron chi connectivity index (χ4n) is 3.59. The van der Waals surface area contributed by atoms with Crippen LogP contribution in [-0.4, -0.2) is 57.8 Å². The Kier molecular flexibility index (Phi) is 8.69. The van der Waals surface area contributed by atoms with Crippen LogP contribution in [0.15, 0.2) is 60.8 Å². The van der Waals surface area contributed by atoms with Crippen LogP contribution in [0.2, 0.25) is 0 Å². The molecule has 0 aliphatic heterocycles. The number of amides is 1. The number of nitrogens with zero attached hydrogens (tertiary/aromatic N) is 2. The van der Waals surface area contributed by atoms with Gasteiger partial charge < -0.3 is 19.9 Å². The van der Waals surface area contributed by atoms with Gasteiger partial charge in [0.05, 0.1) is 18.2 Å². The number of hydrogen-bond acceptors (Lipinski definition) is 8. The maximum absolute atomic E-state index is 12.7. The lowest BCUT2D eigenvalue weighted by Crippen LogP contribution is -2.45. The second kappa shape index (κ2) is 11.9. The van der Waals surface area contributed by atoms with Crippen molar-refractivity contribution in [2.24, 2.45) is 5.41 Å². The largest absolute Gasteiger partial charge is 0.428 e. The van der Waals surface area contributed by atoms with Crippen molar-refractivity contribution < 1.29 is 29.0 Å². The molecule has 0 saturated carbocycles. The van der Waals surface area contributed by atoms with Crippen LogP contribution in [0.1, 0.15) is 36.3 Å². The monoisotopic (exact) mass is 480 g/mol. The second-order valence-electron chi connectivity index (χ2n) is 8.40. The molecule has 0 bridgehead atoms. The van der Waals surface area contributed by atoms with Gasteiger partial charge >= 0.3 is 11.9 Å². The van der Waals surface area contributed by atoms with Crippen LogP contribution in [-0.2, 0) is 25.5 Å². The van der Waals surface area contributed by atoms with E-state index in [0.717, 1.165) is 16.7 Å². The Balaban J connectivity index is 1.77. The lowest BCUT2D eigenvalue weighted by molar-refractivity contribution is -0.175. The smallest absolute Gasteiger partial charge is 0.317 e. The number of hydrogen-bond donors (Lipinski definition) is 3. The SMILES string of the molecule is CC(=O)OCOC(=O)[C@](C)(CO)C[C@@H](Cc1ccc(-c2ccccc2)cc1)NC(=O)c1cn[nH]n1. The number of ether oxygens (including phenoxy) is 2. The van der Waals surface area contributed by atoms with Crippen molar-refractivity contribution in [2.75, 3.05) is 13.4 Å². The number of benzene rings is 2. The first-order valence-electron chi connectivity index (χ1n) is 11.0. The molecule has 3 rings (SSSR count). The Labute approximate surface area is 202 Å². The number of aliphatic hydroxyl groups excluding tert-OH is 1. The third-order valence-electron chi connectivity index (χ3n) is 5.52. The zero-order valence-corrected chi connectivity index (χ0v) is 19.6. The van der Waals surface area contributed by atoms with Crippen molar-refractivity contribution in [3.63, 3.8) is 0 Å². The molecular weight excluding hydrogens is 452 g/mol. The Morgan fingerprint density at radius 3 is 2.34 bits per heavy atom. The predicted octanol–water partition coefficient (Wildman–Crippen LogP) is 2.27. The molecule has 0 unspecified atom stereocenters. The van der Waals surface area contributed by atoms with Gasteiger partial charge in [0.15, 0.2) is 5.69 Å². The summed E-state index contributed by atoms with van der Waals surface area (Å²) >= 11 is 0. The van der Waals surface area contributed by atoms with Crippen molar-refractivity contribution in [3.05, 3.63) is 72.1 Å². The summed E-state index contributed by atoms with van der Waals surface area (Å²) in [5.41, 5.74) is 1.79. The summed E-state index contributed by atoms with van der Waals surface area (Å²) in [6.45, 7) is 1.63. The van der Waals surface area contributed by atoms with E-state index >= 15 is 0 Å². The molecule has 0 aliphatic rings. The molecule has 0 aliphatic carbocycles. The fourth-order valence-corrected chi connectivity index (χ4v) is 3.59. The third-order valence-corrected chi connectivity index (χ3v) is 5.52. The van der Waals surface area contributed by atoms with Crippen molar-refractivity contribution in [1.82, 2.24) is 20.7 Å². The maximum Gasteiger partial charge on any atom is 0.317 e. The Hall–Kier alpha value is -4.05. The zero-order chi connectivity index (χ0) is 25.3. The second-order valence-corrected chi connectivity index (χ2v) is 8.40. The molecule has 3 aromatic rings. The van der Waals surface area contributed by atoms with Crippen molar-refractivity contribution in [3.8, 4) is 11.1 Å². The van der Waals surface area contributed by atoms with Gasteiger partial charge in [-0.2, -0.15) is 15.4 Å². The van der Waals surface area contributed by atoms with Crippen LogP contribution in [0.5, 0.6) is 0 Å². The van der Waals surface area contributed by atoms with Crippen molar-refractivity contribution in [2.45, 2.75) is 32.7 Å². The van der Waals surface area contributed by atoms with Crippen LogP contribution < -0.4 is 5.32 Å². The van der Waals surface area contributed by atoms with Gasteiger partial charge in [-0.25, -0.2) is 0 Å². The number of H-pyrrole nitrogens is 1. The number of nitrogens with one attached hydrogen (secondary N) is 2. The van der Waals surface area contributed by atoms with E-state index in [4.69, 9.17) is 4.74 Å². The maximum atomic E-state index is 12.7. The van der Waals surface area contributed by atoms with Gasteiger partial charge in [-0.05, 0) is 36.5 Å². The first-order valence-corrected chi connectivity index (χ1v) is 11.0. The highest BCUT2D eigenvalue weighted by Gasteiger charge is 2.38. The van der Waals surface area contributed by atoms with Gasteiger partial charge in [0.25, 0.3) is 5.91 Å². The average Bonchev–Trinajstić information content (AvgIpc) is 3.40. The molecule has 1 heterocycles. The van der Waals surface area contributed by atoms with Gasteiger partial charge in [-0.3, -0.25) is 14.4 Å². The van der Waals surface area contributed by atoms with Crippen LogP contribution in [0.4, 0.5) is 0 Å². The number of aromatic nitrogens is 3. The molecule has 2 aromatic carbocycles. The lowest BCUT2D eigenvalue weighted by atomic mass is 9.82. The average molecular weight is 481 g/mol. The van der Waals surface area contributed by atoms with Gasteiger partial charge in [0, 0.05) is 13.0 Å². The number of carbonyl (C=O) groups excluding carboxylic acids is 3. The third kappa shape index (κ3) is 7.21. The highest BCUT2D eigenvalue weighted by molar-refractivity contribution is 5.92. The van der Waals surface area contributed by atoms with Crippen molar-refractivity contribution >= 4 is 17.8 Å². The summed E-state index contributed by atoms with van der Waals surface area (Å²) < 4.78 is 9.68. The molecule has 0 spiro atoms. The summed E-state index contributed by atoms with van der Waals surface area (Å²) in [5, 5.41) is 22.7. The highest BCUT2D eigenvalue weighted by Crippen LogP contribution is 2.27. The summed E-state index contributed by atoms with van der Waals surface area (Å²) in [6, 6.07) is 17.2. The van der Waals surface area contributed by atoms with Crippen molar-refractivity contribution in [1.29, 1.82) is 0 Å². The minimum atomic E-state index is -1.36. The Morgan fingerprint density at radius 2 is 1.74 bits per heavy atom. The molecule has 184 valence electrons. The van der Waals surface area contributed by atoms with Gasteiger partial charge in [-0.1, -0.05) is 54.6 Å². The summed E-state index contributed by atoms with van der Waals surface area (Å²) in [7, 11) is 0. The number of rotatable bonds is 11. The topological polar surface area (TPSA) is 144 Å². The van der Waals surface area contributed by atoms with E-state index in [1.165, 1.54) is 20.0 Å². The fraction of sp³-hybridized carbons (Fsp3) is 0.320. The molecule has 2 atom stereocenters. The predicted molar refractivity (Wildman–Crippen MR) is 126 cm³/mol. The molecule has 3 N–H and O–H groups in total. The number of esters is 2. The zero-order valence-electron chi connectivity index (χ0n) is 19.6. The minimum Gasteiger partial charge on any atom is -0.428 e. The number of carbonyl (C=O) groups is 3. The first-order chi connectivity index (χ1) is 16.8. The van der Waals surface area contributed by atoms with E-state index in [1.54, 1.807) is 0 Å². The van der Waals surface area contributed by atoms with E-state index < -0.39 is 42.7 Å². The van der Waals surface area contributed by atoms with E-state index in [9.17, 15) is 19.5 Å². The molecule has 10 heteroatoms. The van der Waals surface area contributed by atoms with Crippen LogP contribution in [0.3, 0.4) is 0 Å². The Bertz CT molecular complexity index is 1120. The molecular formula is C25H28N4O6. The molecule has 1 amide bonds. The summed E-state index contributed by atoms with van der Waals surface area (Å²) in [5.74, 6) is -1.82. The number of aromatic amines is 1. The molecule has 10 nitrogen and oxygen atoms in total. The molecule has 0 saturated heterocycles. The molecule has 0 radical (unpaired) electrons. The summed E-state index contributed by atoms with van der Waals surface area (Å²) in [6.07, 6.45) is 1.73. The van der Waals surface area contributed by atoms with E-state index in [0.29, 0.717) is 6.42 Å². The molecule has 35 heavy (non-hydrogen) atoms. The minimum absolute atomic E-state index is 0.0619. The quantitative estimate of drug-likeness (QED) is 0.280. The number of aliphatic hydroxyl groups is 1. The van der Waals surface area contributed by atoms with E-state index in [1.807, 2.05) is 54.6 Å². The normalized spacial score (nSPS) is 13.3. The molecule has 1 aromatic heterocycles. The molecule has 0 fully saturated rings. The van der Waals surface area contributed by atoms with E-state index in [-0.39, 0.29) is 12.1 Å². The Morgan fingerprint density at radius 1 is 1.06 bits per heavy atom. The van der Waals surface area contributed by atoms with Gasteiger partial charge in [-0.15, -0.1) is 0 Å². The van der Waals surface area contributed by atoms with E-state index in [2.05, 4.69) is 25.5 Å². The van der Waals surface area contributed by atoms with Crippen LogP contribution in [0, 0.1) is 5.41 Å². The summed E-state index contributed by atoms with van der Waals surface area (Å²) in [4.78, 5) is 36.3. The van der Waals surface area contributed by atoms with Crippen LogP contribution >= 0.6 is 0 Å². The highest BCUT2D eigenvalue weighted by atomic mass is 16.7. The lowest BCUT2D eigenvalue weighted by Gasteiger charge is -2.30. The van der Waals surface area contributed by atoms with Crippen LogP contribution in [0.25, 0.3) is 11.1 Å². The van der Waals surface area contributed by atoms with Gasteiger partial charge in [0.2, 0.25) is 6.79 Å². The standard InChI is InChI=1S/C25H28N4O6/c1-17(31)34-16-35-24(33)25(2,15-30)13-21(27-23(32)22-14-26-29-28-22)12-18-8-10-20(11-9-18)19-6-4-3-5-7-19/h3-11,14,21,30H,12-13,15-16H2,1-2H3,(H,27,32)(H,26,28,29)/t21-,25+/m1/s1. The first kappa shape index (κ1) is 25.6. The van der Waals surface area contributed by atoms with Gasteiger partial charge in [0.1, 0.15) is 0 Å².